The zero-order valence-electron chi connectivity index (χ0n) is 6.07. The van der Waals surface area contributed by atoms with Crippen molar-refractivity contribution >= 4 is 11.6 Å². The summed E-state index contributed by atoms with van der Waals surface area (Å²) in [6.45, 7) is 3.68. The van der Waals surface area contributed by atoms with Gasteiger partial charge in [-0.2, -0.15) is 5.10 Å². The van der Waals surface area contributed by atoms with Crippen molar-refractivity contribution in [3.05, 3.63) is 42.7 Å². The van der Waals surface area contributed by atoms with Crippen LogP contribution in [0.5, 0.6) is 0 Å². The van der Waals surface area contributed by atoms with Crippen molar-refractivity contribution < 1.29 is 0 Å². The first-order valence-electron chi connectivity index (χ1n) is 3.46. The number of hydrogen-bond acceptors (Lipinski definition) is 1. The van der Waals surface area contributed by atoms with E-state index in [0.29, 0.717) is 0 Å². The van der Waals surface area contributed by atoms with E-state index in [1.807, 2.05) is 28.9 Å². The first kappa shape index (κ1) is 6.16. The number of hydrogen-bond donors (Lipinski definition) is 0. The highest BCUT2D eigenvalue weighted by Crippen LogP contribution is 2.05. The van der Waals surface area contributed by atoms with Gasteiger partial charge in [0, 0.05) is 12.4 Å². The van der Waals surface area contributed by atoms with Crippen LogP contribution in [-0.4, -0.2) is 9.61 Å². The third-order valence-electron chi connectivity index (χ3n) is 1.65. The Bertz CT molecular complexity index is 387. The van der Waals surface area contributed by atoms with Crippen molar-refractivity contribution in [3.63, 3.8) is 0 Å². The number of nitrogens with zero attached hydrogens (tertiary/aromatic N) is 2. The lowest BCUT2D eigenvalue weighted by Crippen LogP contribution is -1.85. The van der Waals surface area contributed by atoms with E-state index in [1.165, 1.54) is 0 Å². The molecule has 2 rings (SSSR count). The van der Waals surface area contributed by atoms with Gasteiger partial charge < -0.3 is 0 Å². The van der Waals surface area contributed by atoms with Crippen LogP contribution in [0.2, 0.25) is 0 Å². The topological polar surface area (TPSA) is 17.3 Å². The fourth-order valence-electron chi connectivity index (χ4n) is 1.05. The molecule has 2 nitrogen and oxygen atoms in total. The molecule has 54 valence electrons. The lowest BCUT2D eigenvalue weighted by molar-refractivity contribution is 0.959. The third kappa shape index (κ3) is 0.923. The van der Waals surface area contributed by atoms with Gasteiger partial charge in [0.1, 0.15) is 0 Å². The summed E-state index contributed by atoms with van der Waals surface area (Å²) >= 11 is 0. The van der Waals surface area contributed by atoms with Gasteiger partial charge in [0.2, 0.25) is 0 Å². The van der Waals surface area contributed by atoms with Gasteiger partial charge in [0.05, 0.1) is 5.52 Å². The molecule has 0 spiro atoms. The van der Waals surface area contributed by atoms with Crippen LogP contribution in [0.1, 0.15) is 5.56 Å². The van der Waals surface area contributed by atoms with Crippen LogP contribution in [0.4, 0.5) is 0 Å². The van der Waals surface area contributed by atoms with Crippen LogP contribution in [0.3, 0.4) is 0 Å². The summed E-state index contributed by atoms with van der Waals surface area (Å²) < 4.78 is 1.83. The van der Waals surface area contributed by atoms with Crippen molar-refractivity contribution in [2.45, 2.75) is 0 Å². The normalized spacial score (nSPS) is 10.2. The first-order chi connectivity index (χ1) is 5.40. The fraction of sp³-hybridized carbons (Fsp3) is 0. The zero-order valence-corrected chi connectivity index (χ0v) is 6.07. The monoisotopic (exact) mass is 144 g/mol. The van der Waals surface area contributed by atoms with Gasteiger partial charge >= 0.3 is 0 Å². The largest absolute Gasteiger partial charge is 0.240 e. The second kappa shape index (κ2) is 2.23. The molecule has 0 aliphatic heterocycles. The lowest BCUT2D eigenvalue weighted by Gasteiger charge is -1.93. The van der Waals surface area contributed by atoms with Crippen LogP contribution in [0.25, 0.3) is 11.6 Å². The highest BCUT2D eigenvalue weighted by Gasteiger charge is 1.91. The maximum Gasteiger partial charge on any atom is 0.0661 e. The van der Waals surface area contributed by atoms with E-state index in [2.05, 4.69) is 11.7 Å². The lowest BCUT2D eigenvalue weighted by atomic mass is 10.3. The van der Waals surface area contributed by atoms with Crippen molar-refractivity contribution in [3.8, 4) is 0 Å². The molecule has 2 aromatic heterocycles. The minimum absolute atomic E-state index is 1.08. The quantitative estimate of drug-likeness (QED) is 0.598. The Morgan fingerprint density at radius 2 is 2.27 bits per heavy atom. The highest BCUT2D eigenvalue weighted by atomic mass is 15.2. The van der Waals surface area contributed by atoms with Gasteiger partial charge in [-0.1, -0.05) is 18.7 Å². The summed E-state index contributed by atoms with van der Waals surface area (Å²) in [5.41, 5.74) is 2.19. The van der Waals surface area contributed by atoms with E-state index in [1.54, 1.807) is 12.3 Å². The predicted octanol–water partition coefficient (Wildman–Crippen LogP) is 1.98. The molecule has 0 fully saturated rings. The molecule has 0 radical (unpaired) electrons. The van der Waals surface area contributed by atoms with Crippen LogP contribution < -0.4 is 0 Å². The SMILES string of the molecule is C=Cc1ccc2ccnn2c1. The smallest absolute Gasteiger partial charge is 0.0661 e. The Hall–Kier alpha value is -1.57. The maximum absolute atomic E-state index is 4.10. The second-order valence-electron chi connectivity index (χ2n) is 2.37. The van der Waals surface area contributed by atoms with Crippen LogP contribution in [0, 0.1) is 0 Å². The van der Waals surface area contributed by atoms with Crippen LogP contribution >= 0.6 is 0 Å². The van der Waals surface area contributed by atoms with Crippen molar-refractivity contribution in [2.75, 3.05) is 0 Å². The van der Waals surface area contributed by atoms with E-state index in [9.17, 15) is 0 Å². The average molecular weight is 144 g/mol. The second-order valence-corrected chi connectivity index (χ2v) is 2.37. The molecule has 0 amide bonds. The van der Waals surface area contributed by atoms with E-state index in [4.69, 9.17) is 0 Å². The van der Waals surface area contributed by atoms with Gasteiger partial charge in [-0.05, 0) is 17.7 Å². The average Bonchev–Trinajstić information content (AvgIpc) is 2.50. The molecule has 2 aromatic rings. The number of aromatic nitrogens is 2. The van der Waals surface area contributed by atoms with E-state index >= 15 is 0 Å². The Kier molecular flexibility index (Phi) is 1.25. The molecule has 0 N–H and O–H groups in total. The number of pyridine rings is 1. The molecule has 0 atom stereocenters. The molecule has 0 aliphatic carbocycles. The van der Waals surface area contributed by atoms with Gasteiger partial charge in [-0.3, -0.25) is 0 Å². The Morgan fingerprint density at radius 1 is 1.36 bits per heavy atom. The van der Waals surface area contributed by atoms with Gasteiger partial charge in [0.15, 0.2) is 0 Å². The molecular formula is C9H8N2. The molecule has 0 aliphatic rings. The molecule has 2 heterocycles. The summed E-state index contributed by atoms with van der Waals surface area (Å²) in [4.78, 5) is 0. The summed E-state index contributed by atoms with van der Waals surface area (Å²) in [5, 5.41) is 4.10. The van der Waals surface area contributed by atoms with E-state index in [0.717, 1.165) is 11.1 Å². The standard InChI is InChI=1S/C9H8N2/c1-2-8-3-4-9-5-6-10-11(9)7-8/h2-7H,1H2. The number of fused-ring (bicyclic) bond motifs is 1. The van der Waals surface area contributed by atoms with Crippen molar-refractivity contribution in [2.24, 2.45) is 0 Å². The van der Waals surface area contributed by atoms with E-state index in [-0.39, 0.29) is 0 Å². The molecule has 2 heteroatoms. The summed E-state index contributed by atoms with van der Waals surface area (Å²) in [5.74, 6) is 0. The summed E-state index contributed by atoms with van der Waals surface area (Å²) in [6, 6.07) is 6.00. The van der Waals surface area contributed by atoms with Crippen LogP contribution in [0.15, 0.2) is 37.2 Å². The molecule has 0 aromatic carbocycles. The summed E-state index contributed by atoms with van der Waals surface area (Å²) in [6.07, 6.45) is 5.53. The van der Waals surface area contributed by atoms with Crippen LogP contribution in [-0.2, 0) is 0 Å². The number of rotatable bonds is 1. The molecule has 0 bridgehead atoms. The predicted molar refractivity (Wildman–Crippen MR) is 45.3 cm³/mol. The fourth-order valence-corrected chi connectivity index (χ4v) is 1.05. The molecule has 0 saturated heterocycles. The molecular weight excluding hydrogens is 136 g/mol. The minimum Gasteiger partial charge on any atom is -0.240 e. The Labute approximate surface area is 64.8 Å². The molecule has 0 saturated carbocycles. The minimum atomic E-state index is 1.08. The van der Waals surface area contributed by atoms with Crippen molar-refractivity contribution in [1.29, 1.82) is 0 Å². The first-order valence-corrected chi connectivity index (χ1v) is 3.46. The van der Waals surface area contributed by atoms with Gasteiger partial charge in [0.25, 0.3) is 0 Å². The van der Waals surface area contributed by atoms with Gasteiger partial charge in [-0.25, -0.2) is 4.52 Å². The van der Waals surface area contributed by atoms with E-state index < -0.39 is 0 Å². The third-order valence-corrected chi connectivity index (χ3v) is 1.65. The summed E-state index contributed by atoms with van der Waals surface area (Å²) in [7, 11) is 0. The Morgan fingerprint density at radius 3 is 3.09 bits per heavy atom. The molecule has 11 heavy (non-hydrogen) atoms. The maximum atomic E-state index is 4.10. The zero-order chi connectivity index (χ0) is 7.68. The Balaban J connectivity index is 2.76. The highest BCUT2D eigenvalue weighted by molar-refractivity contribution is 5.53. The molecule has 0 unspecified atom stereocenters. The van der Waals surface area contributed by atoms with Crippen molar-refractivity contribution in [1.82, 2.24) is 9.61 Å². The van der Waals surface area contributed by atoms with Gasteiger partial charge in [-0.15, -0.1) is 0 Å².